The Balaban J connectivity index is 2.70. The molecule has 1 heterocycles. The summed E-state index contributed by atoms with van der Waals surface area (Å²) in [5.41, 5.74) is 0.739. The van der Waals surface area contributed by atoms with Crippen molar-refractivity contribution >= 4 is 22.7 Å². The van der Waals surface area contributed by atoms with Crippen LogP contribution in [-0.2, 0) is 4.74 Å². The zero-order valence-corrected chi connectivity index (χ0v) is 10.3. The van der Waals surface area contributed by atoms with E-state index in [1.54, 1.807) is 12.1 Å². The van der Waals surface area contributed by atoms with Gasteiger partial charge in [-0.05, 0) is 25.1 Å². The molecule has 5 nitrogen and oxygen atoms in total. The van der Waals surface area contributed by atoms with E-state index < -0.39 is 5.97 Å². The smallest absolute Gasteiger partial charge is 0.373 e. The molecule has 0 aliphatic carbocycles. The number of ketones is 1. The van der Waals surface area contributed by atoms with E-state index in [4.69, 9.17) is 9.15 Å². The molecule has 1 aromatic carbocycles. The van der Waals surface area contributed by atoms with Crippen LogP contribution in [0, 0.1) is 0 Å². The largest absolute Gasteiger partial charge is 0.497 e. The number of rotatable bonds is 3. The van der Waals surface area contributed by atoms with Crippen LogP contribution in [0.15, 0.2) is 22.6 Å². The van der Waals surface area contributed by atoms with Gasteiger partial charge in [0.25, 0.3) is 0 Å². The molecule has 0 saturated carbocycles. The molecular weight excluding hydrogens is 236 g/mol. The first-order chi connectivity index (χ1) is 8.56. The predicted octanol–water partition coefficient (Wildman–Crippen LogP) is 2.43. The maximum atomic E-state index is 11.5. The van der Waals surface area contributed by atoms with Crippen molar-refractivity contribution in [3.8, 4) is 5.75 Å². The summed E-state index contributed by atoms with van der Waals surface area (Å²) >= 11 is 0. The number of hydrogen-bond donors (Lipinski definition) is 0. The molecular formula is C13H12O5. The fourth-order valence-electron chi connectivity index (χ4n) is 1.71. The summed E-state index contributed by atoms with van der Waals surface area (Å²) < 4.78 is 15.0. The molecule has 2 aromatic rings. The number of hydrogen-bond acceptors (Lipinski definition) is 5. The highest BCUT2D eigenvalue weighted by molar-refractivity contribution is 6.07. The average molecular weight is 248 g/mol. The molecule has 2 rings (SSSR count). The van der Waals surface area contributed by atoms with Crippen molar-refractivity contribution in [3.63, 3.8) is 0 Å². The summed E-state index contributed by atoms with van der Waals surface area (Å²) in [6.45, 7) is 1.43. The second kappa shape index (κ2) is 4.52. The molecule has 0 fully saturated rings. The number of carbonyl (C=O) groups excluding carboxylic acids is 2. The molecule has 94 valence electrons. The Morgan fingerprint density at radius 2 is 1.89 bits per heavy atom. The molecule has 0 radical (unpaired) electrons. The van der Waals surface area contributed by atoms with Gasteiger partial charge < -0.3 is 13.9 Å². The first-order valence-corrected chi connectivity index (χ1v) is 5.27. The molecule has 0 atom stereocenters. The molecule has 0 amide bonds. The Morgan fingerprint density at radius 3 is 2.44 bits per heavy atom. The molecule has 0 saturated heterocycles. The summed E-state index contributed by atoms with van der Waals surface area (Å²) in [6, 6.07) is 4.79. The summed E-state index contributed by atoms with van der Waals surface area (Å²) in [6.07, 6.45) is 0. The zero-order valence-electron chi connectivity index (χ0n) is 10.3. The number of ether oxygens (including phenoxy) is 2. The Morgan fingerprint density at radius 1 is 1.17 bits per heavy atom. The lowest BCUT2D eigenvalue weighted by Gasteiger charge is -2.02. The molecule has 0 N–H and O–H groups in total. The predicted molar refractivity (Wildman–Crippen MR) is 64.1 cm³/mol. The van der Waals surface area contributed by atoms with Gasteiger partial charge in [0.2, 0.25) is 5.76 Å². The van der Waals surface area contributed by atoms with Crippen LogP contribution >= 0.6 is 0 Å². The van der Waals surface area contributed by atoms with Crippen molar-refractivity contribution in [3.05, 3.63) is 29.5 Å². The quantitative estimate of drug-likeness (QED) is 0.616. The Kier molecular flexibility index (Phi) is 3.06. The highest BCUT2D eigenvalue weighted by Crippen LogP contribution is 2.29. The third-order valence-corrected chi connectivity index (χ3v) is 2.59. The molecule has 18 heavy (non-hydrogen) atoms. The summed E-state index contributed by atoms with van der Waals surface area (Å²) in [4.78, 5) is 22.9. The Hall–Kier alpha value is -2.30. The summed E-state index contributed by atoms with van der Waals surface area (Å²) in [5.74, 6) is -0.155. The van der Waals surface area contributed by atoms with Crippen molar-refractivity contribution in [1.29, 1.82) is 0 Å². The van der Waals surface area contributed by atoms with Crippen LogP contribution in [0.1, 0.15) is 27.8 Å². The molecule has 0 unspecified atom stereocenters. The van der Waals surface area contributed by atoms with E-state index in [9.17, 15) is 9.59 Å². The van der Waals surface area contributed by atoms with Crippen molar-refractivity contribution < 1.29 is 23.5 Å². The lowest BCUT2D eigenvalue weighted by atomic mass is 10.1. The lowest BCUT2D eigenvalue weighted by molar-refractivity contribution is 0.0567. The van der Waals surface area contributed by atoms with Gasteiger partial charge >= 0.3 is 5.97 Å². The van der Waals surface area contributed by atoms with Crippen molar-refractivity contribution in [1.82, 2.24) is 0 Å². The Bertz CT molecular complexity index is 624. The standard InChI is InChI=1S/C13H12O5/c1-7(14)10-6-9(16-2)4-8-5-11(13(15)17-3)18-12(8)10/h4-6H,1-3H3. The van der Waals surface area contributed by atoms with Gasteiger partial charge in [0.15, 0.2) is 5.78 Å². The monoisotopic (exact) mass is 248 g/mol. The van der Waals surface area contributed by atoms with Gasteiger partial charge in [-0.15, -0.1) is 0 Å². The first kappa shape index (κ1) is 12.2. The fraction of sp³-hybridized carbons (Fsp3) is 0.231. The first-order valence-electron chi connectivity index (χ1n) is 5.27. The van der Waals surface area contributed by atoms with Crippen LogP contribution in [-0.4, -0.2) is 26.0 Å². The topological polar surface area (TPSA) is 65.7 Å². The van der Waals surface area contributed by atoms with Gasteiger partial charge in [-0.1, -0.05) is 0 Å². The summed E-state index contributed by atoms with van der Waals surface area (Å²) in [7, 11) is 2.77. The van der Waals surface area contributed by atoms with Crippen molar-refractivity contribution in [2.24, 2.45) is 0 Å². The maximum absolute atomic E-state index is 11.5. The van der Waals surface area contributed by atoms with E-state index >= 15 is 0 Å². The Labute approximate surface area is 103 Å². The summed E-state index contributed by atoms with van der Waals surface area (Å²) in [5, 5.41) is 0.625. The van der Waals surface area contributed by atoms with Crippen LogP contribution in [0.5, 0.6) is 5.75 Å². The van der Waals surface area contributed by atoms with Crippen LogP contribution in [0.3, 0.4) is 0 Å². The molecule has 0 bridgehead atoms. The average Bonchev–Trinajstić information content (AvgIpc) is 2.79. The van der Waals surface area contributed by atoms with Gasteiger partial charge in [-0.2, -0.15) is 0 Å². The van der Waals surface area contributed by atoms with E-state index in [-0.39, 0.29) is 11.5 Å². The van der Waals surface area contributed by atoms with E-state index in [0.717, 1.165) is 0 Å². The number of furan rings is 1. The third kappa shape index (κ3) is 1.95. The van der Waals surface area contributed by atoms with Crippen LogP contribution in [0.2, 0.25) is 0 Å². The molecule has 1 aromatic heterocycles. The number of Topliss-reactive ketones (excluding diaryl/α,β-unsaturated/α-hetero) is 1. The van der Waals surface area contributed by atoms with Crippen molar-refractivity contribution in [2.45, 2.75) is 6.92 Å². The minimum Gasteiger partial charge on any atom is -0.497 e. The van der Waals surface area contributed by atoms with E-state index in [0.29, 0.717) is 22.3 Å². The van der Waals surface area contributed by atoms with Gasteiger partial charge in [0.05, 0.1) is 19.8 Å². The van der Waals surface area contributed by atoms with Crippen LogP contribution < -0.4 is 4.74 Å². The zero-order chi connectivity index (χ0) is 13.3. The number of benzene rings is 1. The fourth-order valence-corrected chi connectivity index (χ4v) is 1.71. The van der Waals surface area contributed by atoms with E-state index in [1.165, 1.54) is 27.2 Å². The number of methoxy groups -OCH3 is 2. The van der Waals surface area contributed by atoms with E-state index in [2.05, 4.69) is 4.74 Å². The minimum atomic E-state index is -0.584. The van der Waals surface area contributed by atoms with Crippen LogP contribution in [0.4, 0.5) is 0 Å². The second-order valence-corrected chi connectivity index (χ2v) is 3.75. The van der Waals surface area contributed by atoms with Gasteiger partial charge in [0, 0.05) is 5.39 Å². The minimum absolute atomic E-state index is 0.0586. The van der Waals surface area contributed by atoms with Gasteiger partial charge in [-0.3, -0.25) is 4.79 Å². The second-order valence-electron chi connectivity index (χ2n) is 3.75. The lowest BCUT2D eigenvalue weighted by Crippen LogP contribution is -1.98. The van der Waals surface area contributed by atoms with Gasteiger partial charge in [-0.25, -0.2) is 4.79 Å². The normalized spacial score (nSPS) is 10.4. The number of fused-ring (bicyclic) bond motifs is 1. The highest BCUT2D eigenvalue weighted by atomic mass is 16.5. The third-order valence-electron chi connectivity index (χ3n) is 2.59. The van der Waals surface area contributed by atoms with E-state index in [1.807, 2.05) is 0 Å². The SMILES string of the molecule is COC(=O)c1cc2cc(OC)cc(C(C)=O)c2o1. The highest BCUT2D eigenvalue weighted by Gasteiger charge is 2.17. The van der Waals surface area contributed by atoms with Crippen LogP contribution in [0.25, 0.3) is 11.0 Å². The number of carbonyl (C=O) groups is 2. The molecule has 5 heteroatoms. The maximum Gasteiger partial charge on any atom is 0.373 e. The van der Waals surface area contributed by atoms with Crippen molar-refractivity contribution in [2.75, 3.05) is 14.2 Å². The van der Waals surface area contributed by atoms with Gasteiger partial charge in [0.1, 0.15) is 11.3 Å². The molecule has 0 aliphatic heterocycles. The molecule has 0 aliphatic rings. The molecule has 0 spiro atoms. The number of esters is 1.